The van der Waals surface area contributed by atoms with E-state index in [1.807, 2.05) is 50.2 Å². The highest BCUT2D eigenvalue weighted by Gasteiger charge is 2.10. The number of oxazole rings is 1. The van der Waals surface area contributed by atoms with Gasteiger partial charge in [0.15, 0.2) is 11.7 Å². The molecule has 0 unspecified atom stereocenters. The summed E-state index contributed by atoms with van der Waals surface area (Å²) in [5.41, 5.74) is 3.95. The predicted octanol–water partition coefficient (Wildman–Crippen LogP) is 4.54. The summed E-state index contributed by atoms with van der Waals surface area (Å²) >= 11 is 0. The van der Waals surface area contributed by atoms with E-state index in [9.17, 15) is 4.79 Å². The van der Waals surface area contributed by atoms with E-state index in [0.29, 0.717) is 24.5 Å². The highest BCUT2D eigenvalue weighted by molar-refractivity contribution is 5.90. The van der Waals surface area contributed by atoms with Crippen molar-refractivity contribution in [2.24, 2.45) is 0 Å². The van der Waals surface area contributed by atoms with E-state index < -0.39 is 0 Å². The monoisotopic (exact) mass is 350 g/mol. The van der Waals surface area contributed by atoms with Crippen LogP contribution in [0.1, 0.15) is 23.4 Å². The molecule has 0 aliphatic rings. The second-order valence-electron chi connectivity index (χ2n) is 6.27. The minimum Gasteiger partial charge on any atom is -0.497 e. The molecule has 0 fully saturated rings. The van der Waals surface area contributed by atoms with Gasteiger partial charge in [0.1, 0.15) is 5.75 Å². The maximum absolute atomic E-state index is 12.2. The molecular formula is C21H22N2O3. The normalized spacial score (nSPS) is 10.6. The fourth-order valence-corrected chi connectivity index (χ4v) is 2.83. The Morgan fingerprint density at radius 1 is 1.15 bits per heavy atom. The molecule has 0 spiro atoms. The number of benzene rings is 2. The Labute approximate surface area is 153 Å². The van der Waals surface area contributed by atoms with Crippen LogP contribution in [0.15, 0.2) is 53.1 Å². The lowest BCUT2D eigenvalue weighted by molar-refractivity contribution is -0.116. The fraction of sp³-hybridized carbons (Fsp3) is 0.238. The van der Waals surface area contributed by atoms with Gasteiger partial charge in [-0.2, -0.15) is 0 Å². The number of aryl methyl sites for hydroxylation is 3. The molecule has 3 rings (SSSR count). The number of rotatable bonds is 6. The van der Waals surface area contributed by atoms with Gasteiger partial charge in [-0.3, -0.25) is 4.79 Å². The van der Waals surface area contributed by atoms with Gasteiger partial charge in [-0.05, 0) is 49.2 Å². The van der Waals surface area contributed by atoms with Crippen LogP contribution in [0, 0.1) is 13.8 Å². The number of amides is 1. The largest absolute Gasteiger partial charge is 0.497 e. The van der Waals surface area contributed by atoms with E-state index in [2.05, 4.69) is 16.4 Å². The Bertz CT molecular complexity index is 895. The molecule has 134 valence electrons. The topological polar surface area (TPSA) is 64.4 Å². The van der Waals surface area contributed by atoms with E-state index in [-0.39, 0.29) is 5.91 Å². The van der Waals surface area contributed by atoms with E-state index >= 15 is 0 Å². The van der Waals surface area contributed by atoms with Crippen LogP contribution in [-0.2, 0) is 11.2 Å². The number of anilines is 1. The number of ether oxygens (including phenoxy) is 1. The average molecular weight is 350 g/mol. The molecule has 0 aliphatic carbocycles. The minimum absolute atomic E-state index is 0.0591. The summed E-state index contributed by atoms with van der Waals surface area (Å²) in [5, 5.41) is 2.92. The molecule has 0 atom stereocenters. The molecule has 0 aliphatic heterocycles. The summed E-state index contributed by atoms with van der Waals surface area (Å²) in [6, 6.07) is 13.6. The third-order valence-electron chi connectivity index (χ3n) is 3.98. The van der Waals surface area contributed by atoms with Crippen molar-refractivity contribution in [2.75, 3.05) is 12.4 Å². The summed E-state index contributed by atoms with van der Waals surface area (Å²) in [6.45, 7) is 4.02. The van der Waals surface area contributed by atoms with Crippen LogP contribution in [0.25, 0.3) is 11.3 Å². The number of carbonyl (C=O) groups is 1. The number of methoxy groups -OCH3 is 1. The van der Waals surface area contributed by atoms with Crippen molar-refractivity contribution in [2.45, 2.75) is 26.7 Å². The van der Waals surface area contributed by atoms with Gasteiger partial charge in [-0.1, -0.05) is 18.2 Å². The lowest BCUT2D eigenvalue weighted by atomic mass is 10.1. The molecule has 1 N–H and O–H groups in total. The maximum Gasteiger partial charge on any atom is 0.224 e. The van der Waals surface area contributed by atoms with E-state index in [4.69, 9.17) is 9.15 Å². The van der Waals surface area contributed by atoms with E-state index in [1.165, 1.54) is 0 Å². The van der Waals surface area contributed by atoms with Gasteiger partial charge in [0.05, 0.1) is 13.3 Å². The number of hydrogen-bond donors (Lipinski definition) is 1. The Morgan fingerprint density at radius 2 is 1.92 bits per heavy atom. The smallest absolute Gasteiger partial charge is 0.224 e. The van der Waals surface area contributed by atoms with Crippen LogP contribution in [0.2, 0.25) is 0 Å². The van der Waals surface area contributed by atoms with Crippen molar-refractivity contribution >= 4 is 11.6 Å². The second kappa shape index (κ2) is 7.87. The molecule has 1 heterocycles. The zero-order valence-corrected chi connectivity index (χ0v) is 15.2. The van der Waals surface area contributed by atoms with Crippen molar-refractivity contribution in [3.63, 3.8) is 0 Å². The van der Waals surface area contributed by atoms with Gasteiger partial charge in [0, 0.05) is 24.1 Å². The number of hydrogen-bond acceptors (Lipinski definition) is 4. The highest BCUT2D eigenvalue weighted by Crippen LogP contribution is 2.24. The van der Waals surface area contributed by atoms with Gasteiger partial charge in [-0.25, -0.2) is 4.98 Å². The molecule has 3 aromatic rings. The van der Waals surface area contributed by atoms with Crippen molar-refractivity contribution in [3.8, 4) is 17.1 Å². The zero-order chi connectivity index (χ0) is 18.5. The van der Waals surface area contributed by atoms with Crippen LogP contribution in [0.4, 0.5) is 5.69 Å². The zero-order valence-electron chi connectivity index (χ0n) is 15.2. The lowest BCUT2D eigenvalue weighted by Gasteiger charge is -2.07. The summed E-state index contributed by atoms with van der Waals surface area (Å²) in [5.74, 6) is 1.90. The fourth-order valence-electron chi connectivity index (χ4n) is 2.83. The first-order valence-electron chi connectivity index (χ1n) is 8.51. The number of aromatic nitrogens is 1. The first-order valence-corrected chi connectivity index (χ1v) is 8.51. The van der Waals surface area contributed by atoms with Crippen LogP contribution < -0.4 is 10.1 Å². The highest BCUT2D eigenvalue weighted by atomic mass is 16.5. The van der Waals surface area contributed by atoms with Crippen molar-refractivity contribution in [1.82, 2.24) is 4.98 Å². The van der Waals surface area contributed by atoms with Crippen LogP contribution in [0.3, 0.4) is 0 Å². The quantitative estimate of drug-likeness (QED) is 0.709. The maximum atomic E-state index is 12.2. The van der Waals surface area contributed by atoms with Crippen LogP contribution >= 0.6 is 0 Å². The van der Waals surface area contributed by atoms with Gasteiger partial charge >= 0.3 is 0 Å². The summed E-state index contributed by atoms with van der Waals surface area (Å²) in [6.07, 6.45) is 2.43. The molecule has 26 heavy (non-hydrogen) atoms. The molecule has 0 radical (unpaired) electrons. The molecular weight excluding hydrogens is 328 g/mol. The molecule has 0 saturated carbocycles. The van der Waals surface area contributed by atoms with Gasteiger partial charge in [-0.15, -0.1) is 0 Å². The first kappa shape index (κ1) is 17.7. The summed E-state index contributed by atoms with van der Waals surface area (Å²) in [4.78, 5) is 16.4. The number of carbonyl (C=O) groups excluding carboxylic acids is 1. The molecule has 1 amide bonds. The van der Waals surface area contributed by atoms with Crippen LogP contribution in [0.5, 0.6) is 5.75 Å². The lowest BCUT2D eigenvalue weighted by Crippen LogP contribution is -2.12. The van der Waals surface area contributed by atoms with Crippen molar-refractivity contribution in [1.29, 1.82) is 0 Å². The van der Waals surface area contributed by atoms with Gasteiger partial charge in [0.25, 0.3) is 0 Å². The Morgan fingerprint density at radius 3 is 2.65 bits per heavy atom. The molecule has 0 saturated heterocycles. The second-order valence-corrected chi connectivity index (χ2v) is 6.27. The van der Waals surface area contributed by atoms with Gasteiger partial charge < -0.3 is 14.5 Å². The van der Waals surface area contributed by atoms with E-state index in [1.54, 1.807) is 13.3 Å². The van der Waals surface area contributed by atoms with Crippen molar-refractivity contribution in [3.05, 3.63) is 65.7 Å². The molecule has 5 heteroatoms. The number of nitrogens with one attached hydrogen (secondary N) is 1. The summed E-state index contributed by atoms with van der Waals surface area (Å²) < 4.78 is 11.0. The van der Waals surface area contributed by atoms with E-state index in [0.717, 1.165) is 28.1 Å². The SMILES string of the molecule is COc1cccc(-c2cnc(CCC(=O)Nc3cc(C)cc(C)c3)o2)c1. The third-order valence-corrected chi connectivity index (χ3v) is 3.98. The summed E-state index contributed by atoms with van der Waals surface area (Å²) in [7, 11) is 1.62. The molecule has 5 nitrogen and oxygen atoms in total. The molecule has 2 aromatic carbocycles. The number of nitrogens with zero attached hydrogens (tertiary/aromatic N) is 1. The minimum atomic E-state index is -0.0591. The third kappa shape index (κ3) is 4.51. The van der Waals surface area contributed by atoms with Gasteiger partial charge in [0.2, 0.25) is 5.91 Å². The molecule has 0 bridgehead atoms. The standard InChI is InChI=1S/C21H22N2O3/c1-14-9-15(2)11-17(10-14)23-20(24)7-8-21-22-13-19(26-21)16-5-4-6-18(12-16)25-3/h4-6,9-13H,7-8H2,1-3H3,(H,23,24). The molecule has 1 aromatic heterocycles. The van der Waals surface area contributed by atoms with Crippen LogP contribution in [-0.4, -0.2) is 18.0 Å². The Balaban J connectivity index is 1.59. The average Bonchev–Trinajstić information content (AvgIpc) is 3.08. The first-order chi connectivity index (χ1) is 12.5. The predicted molar refractivity (Wildman–Crippen MR) is 101 cm³/mol. The van der Waals surface area contributed by atoms with Crippen molar-refractivity contribution < 1.29 is 13.9 Å². The Hall–Kier alpha value is -3.08. The Kier molecular flexibility index (Phi) is 5.37.